The van der Waals surface area contributed by atoms with Crippen molar-refractivity contribution in [2.45, 2.75) is 169 Å². The summed E-state index contributed by atoms with van der Waals surface area (Å²) in [6.07, 6.45) is 22.7. The van der Waals surface area contributed by atoms with Crippen molar-refractivity contribution in [3.8, 4) is 6.07 Å². The number of nitriles is 1. The summed E-state index contributed by atoms with van der Waals surface area (Å²) < 4.78 is 14.3. The van der Waals surface area contributed by atoms with Crippen LogP contribution in [0.25, 0.3) is 0 Å². The molecule has 7 heteroatoms. The molecule has 0 saturated carbocycles. The van der Waals surface area contributed by atoms with Gasteiger partial charge in [0.15, 0.2) is 0 Å². The van der Waals surface area contributed by atoms with Gasteiger partial charge in [0.05, 0.1) is 25.7 Å². The molecule has 38 heavy (non-hydrogen) atoms. The van der Waals surface area contributed by atoms with Crippen LogP contribution in [0.1, 0.15) is 157 Å². The number of unbranched alkanes of at least 4 members (excludes halogenated alkanes) is 15. The number of amides is 1. The van der Waals surface area contributed by atoms with E-state index in [2.05, 4.69) is 50.7 Å². The molecular weight excluding hydrogens is 493 g/mol. The summed E-state index contributed by atoms with van der Waals surface area (Å²) >= 11 is 0. The van der Waals surface area contributed by atoms with E-state index in [4.69, 9.17) is 14.3 Å². The zero-order valence-electron chi connectivity index (χ0n) is 25.8. The molecular formula is C31H62N3O3P. The minimum Gasteiger partial charge on any atom is -0.356 e. The maximum absolute atomic E-state index is 12.1. The molecule has 0 saturated heterocycles. The molecule has 1 unspecified atom stereocenters. The van der Waals surface area contributed by atoms with E-state index in [1.165, 1.54) is 83.5 Å². The summed E-state index contributed by atoms with van der Waals surface area (Å²) in [7, 11) is -1.17. The van der Waals surface area contributed by atoms with E-state index in [0.717, 1.165) is 32.2 Å². The Morgan fingerprint density at radius 2 is 1.21 bits per heavy atom. The second kappa shape index (κ2) is 27.8. The molecule has 0 spiro atoms. The van der Waals surface area contributed by atoms with Crippen LogP contribution in [0, 0.1) is 11.3 Å². The molecule has 1 amide bonds. The molecule has 0 rings (SSSR count). The van der Waals surface area contributed by atoms with Gasteiger partial charge in [0.1, 0.15) is 0 Å². The van der Waals surface area contributed by atoms with Gasteiger partial charge in [-0.25, -0.2) is 4.67 Å². The standard InChI is InChI=1S/C31H62N3O3P/c1-6-7-8-9-10-11-12-13-14-15-16-17-18-21-26-33-31(35)24-20-19-22-27-36-38(37-28-23-25-32)34(29(2)3)30(4)5/h29-30H,6-24,26-28H2,1-5H3,(H,33,35). The molecule has 0 aliphatic heterocycles. The predicted octanol–water partition coefficient (Wildman–Crippen LogP) is 9.44. The van der Waals surface area contributed by atoms with Crippen molar-refractivity contribution in [3.63, 3.8) is 0 Å². The third-order valence-corrected chi connectivity index (χ3v) is 8.87. The number of hydrogen-bond acceptors (Lipinski definition) is 5. The van der Waals surface area contributed by atoms with E-state index >= 15 is 0 Å². The lowest BCUT2D eigenvalue weighted by Gasteiger charge is -2.35. The van der Waals surface area contributed by atoms with Gasteiger partial charge in [0.2, 0.25) is 5.91 Å². The van der Waals surface area contributed by atoms with E-state index in [9.17, 15) is 4.79 Å². The first-order valence-electron chi connectivity index (χ1n) is 15.9. The Hall–Kier alpha value is -0.730. The Kier molecular flexibility index (Phi) is 27.3. The van der Waals surface area contributed by atoms with E-state index in [1.807, 2.05) is 0 Å². The lowest BCUT2D eigenvalue weighted by atomic mass is 10.0. The molecule has 0 fully saturated rings. The predicted molar refractivity (Wildman–Crippen MR) is 163 cm³/mol. The summed E-state index contributed by atoms with van der Waals surface area (Å²) in [5.41, 5.74) is 0. The van der Waals surface area contributed by atoms with Gasteiger partial charge in [-0.2, -0.15) is 5.26 Å². The fourth-order valence-electron chi connectivity index (χ4n) is 4.66. The fraction of sp³-hybridized carbons (Fsp3) is 0.935. The molecule has 224 valence electrons. The van der Waals surface area contributed by atoms with Crippen molar-refractivity contribution in [3.05, 3.63) is 0 Å². The van der Waals surface area contributed by atoms with Crippen LogP contribution in [0.4, 0.5) is 0 Å². The number of nitrogens with one attached hydrogen (secondary N) is 1. The Morgan fingerprint density at radius 1 is 0.737 bits per heavy atom. The molecule has 0 bridgehead atoms. The highest BCUT2D eigenvalue weighted by molar-refractivity contribution is 7.44. The van der Waals surface area contributed by atoms with Crippen LogP contribution in [-0.2, 0) is 13.8 Å². The third kappa shape index (κ3) is 23.2. The summed E-state index contributed by atoms with van der Waals surface area (Å²) in [5.74, 6) is 0.175. The topological polar surface area (TPSA) is 74.6 Å². The SMILES string of the molecule is CCCCCCCCCCCCCCCCNC(=O)CCCCCOP(OCCC#N)N(C(C)C)C(C)C. The van der Waals surface area contributed by atoms with Crippen LogP contribution < -0.4 is 5.32 Å². The number of hydrogen-bond donors (Lipinski definition) is 1. The first kappa shape index (κ1) is 37.3. The number of nitrogens with zero attached hydrogens (tertiary/aromatic N) is 2. The van der Waals surface area contributed by atoms with Crippen LogP contribution in [-0.4, -0.2) is 42.4 Å². The highest BCUT2D eigenvalue weighted by atomic mass is 31.2. The molecule has 0 aliphatic rings. The maximum atomic E-state index is 12.1. The largest absolute Gasteiger partial charge is 0.356 e. The highest BCUT2D eigenvalue weighted by Crippen LogP contribution is 2.46. The van der Waals surface area contributed by atoms with Crippen molar-refractivity contribution < 1.29 is 13.8 Å². The van der Waals surface area contributed by atoms with Gasteiger partial charge in [0, 0.05) is 25.0 Å². The van der Waals surface area contributed by atoms with E-state index < -0.39 is 8.53 Å². The van der Waals surface area contributed by atoms with Crippen molar-refractivity contribution >= 4 is 14.4 Å². The van der Waals surface area contributed by atoms with Crippen molar-refractivity contribution in [2.75, 3.05) is 19.8 Å². The lowest BCUT2D eigenvalue weighted by Crippen LogP contribution is -2.33. The number of carbonyl (C=O) groups is 1. The minimum atomic E-state index is -1.17. The Morgan fingerprint density at radius 3 is 1.71 bits per heavy atom. The number of rotatable bonds is 28. The molecule has 0 aromatic heterocycles. The second-order valence-corrected chi connectivity index (χ2v) is 12.6. The van der Waals surface area contributed by atoms with E-state index in [0.29, 0.717) is 38.1 Å². The summed E-state index contributed by atoms with van der Waals surface area (Å²) in [5, 5.41) is 11.9. The molecule has 6 nitrogen and oxygen atoms in total. The number of carbonyl (C=O) groups excluding carboxylic acids is 1. The van der Waals surface area contributed by atoms with Gasteiger partial charge in [0.25, 0.3) is 8.53 Å². The first-order chi connectivity index (χ1) is 18.4. The fourth-order valence-corrected chi connectivity index (χ4v) is 6.28. The zero-order valence-corrected chi connectivity index (χ0v) is 26.7. The normalized spacial score (nSPS) is 12.4. The Bertz CT molecular complexity index is 561. The molecule has 1 N–H and O–H groups in total. The Balaban J connectivity index is 3.66. The van der Waals surface area contributed by atoms with Crippen molar-refractivity contribution in [1.29, 1.82) is 5.26 Å². The van der Waals surface area contributed by atoms with Crippen LogP contribution in [0.5, 0.6) is 0 Å². The highest BCUT2D eigenvalue weighted by Gasteiger charge is 2.26. The minimum absolute atomic E-state index is 0.175. The van der Waals surface area contributed by atoms with Gasteiger partial charge in [-0.15, -0.1) is 0 Å². The lowest BCUT2D eigenvalue weighted by molar-refractivity contribution is -0.121. The van der Waals surface area contributed by atoms with Gasteiger partial charge in [-0.1, -0.05) is 96.8 Å². The van der Waals surface area contributed by atoms with Crippen LogP contribution in [0.2, 0.25) is 0 Å². The second-order valence-electron chi connectivity index (χ2n) is 11.1. The van der Waals surface area contributed by atoms with Crippen LogP contribution in [0.15, 0.2) is 0 Å². The van der Waals surface area contributed by atoms with Crippen LogP contribution >= 0.6 is 8.53 Å². The molecule has 1 atom stereocenters. The Labute approximate surface area is 238 Å². The summed E-state index contributed by atoms with van der Waals surface area (Å²) in [4.78, 5) is 12.1. The molecule has 0 radical (unpaired) electrons. The molecule has 0 aromatic carbocycles. The van der Waals surface area contributed by atoms with E-state index in [-0.39, 0.29) is 5.91 Å². The summed E-state index contributed by atoms with van der Waals surface area (Å²) in [6, 6.07) is 2.75. The van der Waals surface area contributed by atoms with Gasteiger partial charge in [-0.3, -0.25) is 4.79 Å². The molecule has 0 aliphatic carbocycles. The van der Waals surface area contributed by atoms with E-state index in [1.54, 1.807) is 0 Å². The first-order valence-corrected chi connectivity index (χ1v) is 17.0. The average Bonchev–Trinajstić information content (AvgIpc) is 2.87. The van der Waals surface area contributed by atoms with Crippen molar-refractivity contribution in [2.24, 2.45) is 0 Å². The van der Waals surface area contributed by atoms with Gasteiger partial charge >= 0.3 is 0 Å². The zero-order chi connectivity index (χ0) is 28.3. The smallest absolute Gasteiger partial charge is 0.259 e. The maximum Gasteiger partial charge on any atom is 0.259 e. The summed E-state index contributed by atoms with van der Waals surface area (Å²) in [6.45, 7) is 12.7. The molecule has 0 heterocycles. The molecule has 0 aromatic rings. The quantitative estimate of drug-likeness (QED) is 0.0768. The van der Waals surface area contributed by atoms with Gasteiger partial charge in [-0.05, 0) is 47.0 Å². The van der Waals surface area contributed by atoms with Crippen LogP contribution in [0.3, 0.4) is 0 Å². The monoisotopic (exact) mass is 555 g/mol. The third-order valence-electron chi connectivity index (χ3n) is 6.76. The van der Waals surface area contributed by atoms with Gasteiger partial charge < -0.3 is 14.4 Å². The average molecular weight is 556 g/mol. The van der Waals surface area contributed by atoms with Crippen molar-refractivity contribution in [1.82, 2.24) is 9.99 Å².